The second-order valence-corrected chi connectivity index (χ2v) is 5.78. The number of fused-ring (bicyclic) bond motifs is 1. The van der Waals surface area contributed by atoms with Crippen molar-refractivity contribution in [3.63, 3.8) is 0 Å². The summed E-state index contributed by atoms with van der Waals surface area (Å²) in [4.78, 5) is 18.8. The summed E-state index contributed by atoms with van der Waals surface area (Å²) in [5, 5.41) is 14.3. The number of nitro benzene ring substituents is 1. The number of ether oxygens (including phenoxy) is 1. The fraction of sp³-hybridized carbons (Fsp3) is 0.500. The van der Waals surface area contributed by atoms with Gasteiger partial charge in [0.15, 0.2) is 0 Å². The molecule has 0 radical (unpaired) electrons. The van der Waals surface area contributed by atoms with Crippen LogP contribution < -0.4 is 10.1 Å². The summed E-state index contributed by atoms with van der Waals surface area (Å²) in [5.74, 6) is 0.461. The standard InChI is InChI=1S/C16H20N4O3/c21-20(22)13-6-7-14-15(10-13)18-11-16(19-14)23-9-3-5-12-4-1-2-8-17-12/h6-7,10-12,17H,1-5,8-9H2/t12-/m0/s1. The quantitative estimate of drug-likeness (QED) is 0.500. The zero-order chi connectivity index (χ0) is 16.1. The van der Waals surface area contributed by atoms with Crippen molar-refractivity contribution in [3.8, 4) is 5.88 Å². The maximum absolute atomic E-state index is 10.7. The van der Waals surface area contributed by atoms with Gasteiger partial charge in [-0.3, -0.25) is 10.1 Å². The van der Waals surface area contributed by atoms with E-state index in [9.17, 15) is 10.1 Å². The molecule has 122 valence electrons. The molecule has 0 unspecified atom stereocenters. The summed E-state index contributed by atoms with van der Waals surface area (Å²) in [6, 6.07) is 5.05. The topological polar surface area (TPSA) is 90.2 Å². The SMILES string of the molecule is O=[N+]([O-])c1ccc2nc(OCCC[C@@H]3CCCCN3)cnc2c1. The summed E-state index contributed by atoms with van der Waals surface area (Å²) in [5.41, 5.74) is 1.11. The average molecular weight is 316 g/mol. The summed E-state index contributed by atoms with van der Waals surface area (Å²) in [6.45, 7) is 1.72. The summed E-state index contributed by atoms with van der Waals surface area (Å²) >= 11 is 0. The Kier molecular flexibility index (Phi) is 4.97. The zero-order valence-electron chi connectivity index (χ0n) is 12.9. The number of nitro groups is 1. The molecule has 7 nitrogen and oxygen atoms in total. The van der Waals surface area contributed by atoms with Gasteiger partial charge in [-0.1, -0.05) is 6.42 Å². The first-order chi connectivity index (χ1) is 11.2. The van der Waals surface area contributed by atoms with E-state index < -0.39 is 4.92 Å². The molecule has 3 rings (SSSR count). The van der Waals surface area contributed by atoms with E-state index in [2.05, 4.69) is 15.3 Å². The molecule has 2 aromatic rings. The molecule has 1 aliphatic heterocycles. The number of benzene rings is 1. The molecule has 7 heteroatoms. The lowest BCUT2D eigenvalue weighted by atomic mass is 10.0. The fourth-order valence-electron chi connectivity index (χ4n) is 2.84. The predicted molar refractivity (Wildman–Crippen MR) is 86.6 cm³/mol. The first-order valence-electron chi connectivity index (χ1n) is 8.00. The van der Waals surface area contributed by atoms with Gasteiger partial charge in [0.05, 0.1) is 28.8 Å². The third-order valence-electron chi connectivity index (χ3n) is 4.07. The van der Waals surface area contributed by atoms with Crippen LogP contribution in [0.1, 0.15) is 32.1 Å². The number of piperidine rings is 1. The van der Waals surface area contributed by atoms with Crippen molar-refractivity contribution in [1.82, 2.24) is 15.3 Å². The second-order valence-electron chi connectivity index (χ2n) is 5.78. The number of aromatic nitrogens is 2. The second kappa shape index (κ2) is 7.32. The Morgan fingerprint density at radius 2 is 2.26 bits per heavy atom. The molecule has 2 heterocycles. The molecule has 1 aromatic carbocycles. The molecule has 0 amide bonds. The van der Waals surface area contributed by atoms with Gasteiger partial charge >= 0.3 is 0 Å². The number of hydrogen-bond acceptors (Lipinski definition) is 6. The normalized spacial score (nSPS) is 18.0. The summed E-state index contributed by atoms with van der Waals surface area (Å²) in [7, 11) is 0. The van der Waals surface area contributed by atoms with Crippen molar-refractivity contribution in [2.45, 2.75) is 38.1 Å². The van der Waals surface area contributed by atoms with Crippen LogP contribution in [0.3, 0.4) is 0 Å². The van der Waals surface area contributed by atoms with Gasteiger partial charge < -0.3 is 10.1 Å². The molecule has 0 aliphatic carbocycles. The minimum Gasteiger partial charge on any atom is -0.477 e. The fourth-order valence-corrected chi connectivity index (χ4v) is 2.84. The molecular formula is C16H20N4O3. The number of hydrogen-bond donors (Lipinski definition) is 1. The molecule has 0 saturated carbocycles. The van der Waals surface area contributed by atoms with E-state index in [1.165, 1.54) is 37.6 Å². The highest BCUT2D eigenvalue weighted by Gasteiger charge is 2.12. The van der Waals surface area contributed by atoms with E-state index in [-0.39, 0.29) is 5.69 Å². The molecule has 23 heavy (non-hydrogen) atoms. The van der Waals surface area contributed by atoms with E-state index in [4.69, 9.17) is 4.74 Å². The lowest BCUT2D eigenvalue weighted by Crippen LogP contribution is -2.34. The van der Waals surface area contributed by atoms with E-state index in [1.54, 1.807) is 6.07 Å². The average Bonchev–Trinajstić information content (AvgIpc) is 2.59. The van der Waals surface area contributed by atoms with Gasteiger partial charge in [0.25, 0.3) is 5.69 Å². The number of non-ortho nitro benzene ring substituents is 1. The smallest absolute Gasteiger partial charge is 0.271 e. The van der Waals surface area contributed by atoms with Gasteiger partial charge in [-0.05, 0) is 38.3 Å². The molecule has 1 fully saturated rings. The van der Waals surface area contributed by atoms with Crippen molar-refractivity contribution in [3.05, 3.63) is 34.5 Å². The van der Waals surface area contributed by atoms with Crippen LogP contribution in [0.5, 0.6) is 5.88 Å². The highest BCUT2D eigenvalue weighted by Crippen LogP contribution is 2.20. The zero-order valence-corrected chi connectivity index (χ0v) is 12.9. The van der Waals surface area contributed by atoms with Gasteiger partial charge in [-0.15, -0.1) is 0 Å². The number of nitrogens with zero attached hydrogens (tertiary/aromatic N) is 3. The maximum atomic E-state index is 10.7. The third-order valence-corrected chi connectivity index (χ3v) is 4.07. The van der Waals surface area contributed by atoms with Crippen molar-refractivity contribution in [2.75, 3.05) is 13.2 Å². The first kappa shape index (κ1) is 15.6. The Labute approximate surface area is 134 Å². The van der Waals surface area contributed by atoms with Crippen LogP contribution >= 0.6 is 0 Å². The Morgan fingerprint density at radius 1 is 1.35 bits per heavy atom. The first-order valence-corrected chi connectivity index (χ1v) is 8.00. The highest BCUT2D eigenvalue weighted by atomic mass is 16.6. The lowest BCUT2D eigenvalue weighted by Gasteiger charge is -2.23. The minimum absolute atomic E-state index is 0.0143. The Bertz CT molecular complexity index is 686. The maximum Gasteiger partial charge on any atom is 0.271 e. The van der Waals surface area contributed by atoms with Crippen LogP contribution in [-0.2, 0) is 0 Å². The van der Waals surface area contributed by atoms with Crippen LogP contribution in [0.25, 0.3) is 11.0 Å². The minimum atomic E-state index is -0.440. The van der Waals surface area contributed by atoms with Crippen LogP contribution in [0, 0.1) is 10.1 Å². The van der Waals surface area contributed by atoms with Crippen molar-refractivity contribution in [1.29, 1.82) is 0 Å². The van der Waals surface area contributed by atoms with Crippen LogP contribution in [0.15, 0.2) is 24.4 Å². The highest BCUT2D eigenvalue weighted by molar-refractivity contribution is 5.77. The molecule has 1 aliphatic rings. The summed E-state index contributed by atoms with van der Waals surface area (Å²) < 4.78 is 5.65. The molecule has 1 N–H and O–H groups in total. The van der Waals surface area contributed by atoms with Crippen molar-refractivity contribution >= 4 is 16.7 Å². The van der Waals surface area contributed by atoms with Crippen LogP contribution in [0.4, 0.5) is 5.69 Å². The molecule has 1 aromatic heterocycles. The van der Waals surface area contributed by atoms with Crippen molar-refractivity contribution in [2.24, 2.45) is 0 Å². The van der Waals surface area contributed by atoms with Gasteiger partial charge in [0, 0.05) is 18.2 Å². The van der Waals surface area contributed by atoms with Gasteiger partial charge in [0.2, 0.25) is 5.88 Å². The van der Waals surface area contributed by atoms with Gasteiger partial charge in [-0.25, -0.2) is 9.97 Å². The molecule has 1 saturated heterocycles. The molecule has 1 atom stereocenters. The van der Waals surface area contributed by atoms with Gasteiger partial charge in [0.1, 0.15) is 0 Å². The van der Waals surface area contributed by atoms with E-state index in [0.717, 1.165) is 19.4 Å². The Balaban J connectivity index is 1.53. The predicted octanol–water partition coefficient (Wildman–Crippen LogP) is 2.84. The largest absolute Gasteiger partial charge is 0.477 e. The van der Waals surface area contributed by atoms with E-state index >= 15 is 0 Å². The van der Waals surface area contributed by atoms with E-state index in [1.807, 2.05) is 0 Å². The molecule has 0 spiro atoms. The lowest BCUT2D eigenvalue weighted by molar-refractivity contribution is -0.384. The van der Waals surface area contributed by atoms with Gasteiger partial charge in [-0.2, -0.15) is 0 Å². The Morgan fingerprint density at radius 3 is 3.04 bits per heavy atom. The number of nitrogens with one attached hydrogen (secondary N) is 1. The third kappa shape index (κ3) is 4.13. The van der Waals surface area contributed by atoms with Crippen LogP contribution in [-0.4, -0.2) is 34.1 Å². The molecular weight excluding hydrogens is 296 g/mol. The molecule has 0 bridgehead atoms. The summed E-state index contributed by atoms with van der Waals surface area (Å²) in [6.07, 6.45) is 7.42. The van der Waals surface area contributed by atoms with Crippen molar-refractivity contribution < 1.29 is 9.66 Å². The van der Waals surface area contributed by atoms with Crippen LogP contribution in [0.2, 0.25) is 0 Å². The Hall–Kier alpha value is -2.28. The van der Waals surface area contributed by atoms with E-state index in [0.29, 0.717) is 29.6 Å². The monoisotopic (exact) mass is 316 g/mol. The number of rotatable bonds is 6.